The molecule has 1 aromatic rings. The Balaban J connectivity index is 1.36. The van der Waals surface area contributed by atoms with Crippen LogP contribution < -0.4 is 10.6 Å². The lowest BCUT2D eigenvalue weighted by Gasteiger charge is -2.37. The summed E-state index contributed by atoms with van der Waals surface area (Å²) in [5.74, 6) is -2.33. The predicted molar refractivity (Wildman–Crippen MR) is 189 cm³/mol. The van der Waals surface area contributed by atoms with Gasteiger partial charge in [0.25, 0.3) is 5.91 Å². The van der Waals surface area contributed by atoms with Crippen molar-refractivity contribution in [3.63, 3.8) is 0 Å². The number of Topliss-reactive ketones (excluding diaryl/α,β-unsaturated/α-hetero) is 2. The van der Waals surface area contributed by atoms with Crippen molar-refractivity contribution in [1.82, 2.24) is 25.5 Å². The Bertz CT molecular complexity index is 1350. The van der Waals surface area contributed by atoms with E-state index >= 15 is 0 Å². The van der Waals surface area contributed by atoms with Crippen LogP contribution in [0.25, 0.3) is 0 Å². The molecule has 1 unspecified atom stereocenters. The highest BCUT2D eigenvalue weighted by molar-refractivity contribution is 5.98. The van der Waals surface area contributed by atoms with Gasteiger partial charge in [0, 0.05) is 49.7 Å². The molecule has 1 saturated heterocycles. The van der Waals surface area contributed by atoms with Gasteiger partial charge in [0.15, 0.2) is 11.6 Å². The van der Waals surface area contributed by atoms with Crippen LogP contribution in [-0.4, -0.2) is 80.0 Å². The first kappa shape index (κ1) is 38.0. The number of rotatable bonds is 16. The maximum Gasteiger partial charge on any atom is 0.272 e. The number of amides is 3. The fourth-order valence-electron chi connectivity index (χ4n) is 8.74. The van der Waals surface area contributed by atoms with Crippen LogP contribution in [0.4, 0.5) is 0 Å². The summed E-state index contributed by atoms with van der Waals surface area (Å²) in [7, 11) is 0. The third-order valence-electron chi connectivity index (χ3n) is 11.8. The normalized spacial score (nSPS) is 24.9. The van der Waals surface area contributed by atoms with Gasteiger partial charge in [0.2, 0.25) is 11.8 Å². The molecule has 276 valence electrons. The number of aromatic nitrogens is 2. The summed E-state index contributed by atoms with van der Waals surface area (Å²) in [6.45, 7) is 8.39. The molecule has 50 heavy (non-hydrogen) atoms. The number of aliphatic hydroxyl groups excluding tert-OH is 1. The Morgan fingerprint density at radius 1 is 0.960 bits per heavy atom. The van der Waals surface area contributed by atoms with Gasteiger partial charge in [-0.05, 0) is 68.1 Å². The molecule has 0 spiro atoms. The van der Waals surface area contributed by atoms with Crippen molar-refractivity contribution in [3.8, 4) is 0 Å². The van der Waals surface area contributed by atoms with Crippen LogP contribution in [0.5, 0.6) is 0 Å². The number of likely N-dealkylation sites (tertiary alicyclic amines) is 1. The number of aliphatic hydroxyl groups is 1. The second kappa shape index (κ2) is 16.9. The van der Waals surface area contributed by atoms with Crippen LogP contribution in [-0.2, 0) is 19.2 Å². The lowest BCUT2D eigenvalue weighted by Crippen LogP contribution is -2.52. The van der Waals surface area contributed by atoms with Gasteiger partial charge in [-0.1, -0.05) is 66.2 Å². The predicted octanol–water partition coefficient (Wildman–Crippen LogP) is 4.81. The lowest BCUT2D eigenvalue weighted by molar-refractivity contribution is -0.147. The van der Waals surface area contributed by atoms with E-state index in [1.807, 2.05) is 27.7 Å². The molecule has 0 aromatic carbocycles. The Labute approximate surface area is 297 Å². The molecule has 3 aliphatic carbocycles. The van der Waals surface area contributed by atoms with Crippen molar-refractivity contribution in [2.45, 2.75) is 148 Å². The Morgan fingerprint density at radius 2 is 1.70 bits per heavy atom. The van der Waals surface area contributed by atoms with Crippen LogP contribution >= 0.6 is 0 Å². The van der Waals surface area contributed by atoms with Crippen molar-refractivity contribution >= 4 is 29.3 Å². The molecule has 1 aliphatic heterocycles. The Hall–Kier alpha value is -3.21. The van der Waals surface area contributed by atoms with Crippen molar-refractivity contribution in [3.05, 3.63) is 24.3 Å². The summed E-state index contributed by atoms with van der Waals surface area (Å²) < 4.78 is 0. The number of hydrogen-bond donors (Lipinski definition) is 3. The van der Waals surface area contributed by atoms with E-state index in [0.717, 1.165) is 77.0 Å². The first-order valence-electron chi connectivity index (χ1n) is 19.3. The number of carbonyl (C=O) groups is 5. The molecule has 7 atom stereocenters. The lowest BCUT2D eigenvalue weighted by atomic mass is 9.74. The highest BCUT2D eigenvalue weighted by Crippen LogP contribution is 2.45. The number of nitrogens with one attached hydrogen (secondary N) is 2. The second-order valence-electron chi connectivity index (χ2n) is 16.6. The summed E-state index contributed by atoms with van der Waals surface area (Å²) in [5.41, 5.74) is -0.452. The topological polar surface area (TPSA) is 159 Å². The van der Waals surface area contributed by atoms with Crippen LogP contribution in [0, 0.1) is 35.0 Å². The maximum atomic E-state index is 14.7. The monoisotopic (exact) mass is 693 g/mol. The van der Waals surface area contributed by atoms with E-state index in [1.165, 1.54) is 18.6 Å². The number of hydrogen-bond acceptors (Lipinski definition) is 8. The summed E-state index contributed by atoms with van der Waals surface area (Å²) in [6.07, 6.45) is 14.6. The summed E-state index contributed by atoms with van der Waals surface area (Å²) >= 11 is 0. The fraction of sp³-hybridized carbons (Fsp3) is 0.769. The highest BCUT2D eigenvalue weighted by Gasteiger charge is 2.52. The van der Waals surface area contributed by atoms with Crippen molar-refractivity contribution in [2.75, 3.05) is 6.54 Å². The number of unbranched alkanes of at least 4 members (excludes halogenated alkanes) is 1. The zero-order chi connectivity index (χ0) is 36.0. The molecule has 0 radical (unpaired) electrons. The van der Waals surface area contributed by atoms with E-state index in [9.17, 15) is 29.1 Å². The second-order valence-corrected chi connectivity index (χ2v) is 16.6. The molecule has 4 aliphatic rings. The van der Waals surface area contributed by atoms with Gasteiger partial charge in [0.1, 0.15) is 11.8 Å². The van der Waals surface area contributed by atoms with Gasteiger partial charge in [-0.2, -0.15) is 0 Å². The summed E-state index contributed by atoms with van der Waals surface area (Å²) in [5, 5.41) is 17.0. The minimum atomic E-state index is -1.27. The van der Waals surface area contributed by atoms with Gasteiger partial charge in [-0.25, -0.2) is 4.98 Å². The first-order chi connectivity index (χ1) is 23.9. The maximum absolute atomic E-state index is 14.7. The highest BCUT2D eigenvalue weighted by atomic mass is 16.3. The minimum Gasteiger partial charge on any atom is -0.383 e. The average molecular weight is 694 g/mol. The molecule has 11 nitrogen and oxygen atoms in total. The van der Waals surface area contributed by atoms with Crippen molar-refractivity contribution in [1.29, 1.82) is 0 Å². The molecular formula is C39H59N5O6. The SMILES string of the molecule is CCCC[C@@H](CC(=O)[C@@H]1[C@H]2CCC[C@H]2CN1C(=O)[C@@H](CC(=O)[C@@H](NC(=O)c1cnccn1)C1CCCCC1)C(C)(C)C)C(O)C(=O)NC1CC1. The van der Waals surface area contributed by atoms with E-state index in [2.05, 4.69) is 20.6 Å². The first-order valence-corrected chi connectivity index (χ1v) is 19.3. The number of ketones is 2. The zero-order valence-electron chi connectivity index (χ0n) is 30.6. The Morgan fingerprint density at radius 3 is 2.34 bits per heavy atom. The minimum absolute atomic E-state index is 0.0309. The number of fused-ring (bicyclic) bond motifs is 1. The third kappa shape index (κ3) is 9.36. The van der Waals surface area contributed by atoms with Gasteiger partial charge >= 0.3 is 0 Å². The number of carbonyl (C=O) groups excluding carboxylic acids is 5. The zero-order valence-corrected chi connectivity index (χ0v) is 30.6. The van der Waals surface area contributed by atoms with Crippen LogP contribution in [0.1, 0.15) is 134 Å². The number of nitrogens with zero attached hydrogens (tertiary/aromatic N) is 3. The largest absolute Gasteiger partial charge is 0.383 e. The molecule has 3 saturated carbocycles. The summed E-state index contributed by atoms with van der Waals surface area (Å²) in [6, 6.07) is -1.28. The molecule has 2 heterocycles. The standard InChI is InChI=1S/C39H59N5O6/c1-5-6-11-25(35(47)37(49)42-27-16-17-27)20-32(46)34-28-15-10-14-26(28)23-44(34)38(50)29(39(2,3)4)21-31(45)33(24-12-8-7-9-13-24)43-36(48)30-22-40-18-19-41-30/h18-19,22,24-29,33-35,47H,5-17,20-21,23H2,1-4H3,(H,42,49)(H,43,48)/t25-,26-,28-,29+,33-,34-,35?/m0/s1. The average Bonchev–Trinajstić information content (AvgIpc) is 3.67. The van der Waals surface area contributed by atoms with E-state index in [0.29, 0.717) is 13.0 Å². The van der Waals surface area contributed by atoms with Crippen LogP contribution in [0.3, 0.4) is 0 Å². The Kier molecular flexibility index (Phi) is 12.8. The molecule has 11 heteroatoms. The van der Waals surface area contributed by atoms with Crippen LogP contribution in [0.15, 0.2) is 18.6 Å². The molecule has 3 N–H and O–H groups in total. The smallest absolute Gasteiger partial charge is 0.272 e. The molecule has 0 bridgehead atoms. The van der Waals surface area contributed by atoms with Gasteiger partial charge in [0.05, 0.1) is 18.3 Å². The molecule has 1 aromatic heterocycles. The fourth-order valence-corrected chi connectivity index (χ4v) is 8.74. The molecule has 4 fully saturated rings. The third-order valence-corrected chi connectivity index (χ3v) is 11.8. The summed E-state index contributed by atoms with van der Waals surface area (Å²) in [4.78, 5) is 79.4. The van der Waals surface area contributed by atoms with Crippen molar-refractivity contribution < 1.29 is 29.1 Å². The quantitative estimate of drug-likeness (QED) is 0.223. The van der Waals surface area contributed by atoms with Gasteiger partial charge in [-0.3, -0.25) is 29.0 Å². The van der Waals surface area contributed by atoms with Crippen molar-refractivity contribution in [2.24, 2.45) is 35.0 Å². The van der Waals surface area contributed by atoms with E-state index in [4.69, 9.17) is 0 Å². The molecule has 3 amide bonds. The van der Waals surface area contributed by atoms with Gasteiger partial charge < -0.3 is 20.6 Å². The molecule has 5 rings (SSSR count). The van der Waals surface area contributed by atoms with Crippen LogP contribution in [0.2, 0.25) is 0 Å². The molecular weight excluding hydrogens is 634 g/mol. The van der Waals surface area contributed by atoms with E-state index < -0.39 is 47.3 Å². The van der Waals surface area contributed by atoms with Gasteiger partial charge in [-0.15, -0.1) is 0 Å². The van der Waals surface area contributed by atoms with E-state index in [1.54, 1.807) is 4.90 Å². The van der Waals surface area contributed by atoms with E-state index in [-0.39, 0.29) is 59.8 Å².